The SMILES string of the molecule is NCC(=O)Nc1cccc(-c2ccc3c(c2)OC(C(=O)c2ccc(Cl)cc2Cl)C3N)c1. The number of rotatable bonds is 5. The van der Waals surface area contributed by atoms with Gasteiger partial charge in [-0.2, -0.15) is 0 Å². The van der Waals surface area contributed by atoms with Gasteiger partial charge < -0.3 is 21.5 Å². The van der Waals surface area contributed by atoms with Gasteiger partial charge in [0, 0.05) is 21.8 Å². The first kappa shape index (κ1) is 21.3. The quantitative estimate of drug-likeness (QED) is 0.499. The van der Waals surface area contributed by atoms with Crippen LogP contribution in [0.2, 0.25) is 10.0 Å². The molecule has 31 heavy (non-hydrogen) atoms. The van der Waals surface area contributed by atoms with Crippen molar-refractivity contribution in [3.63, 3.8) is 0 Å². The van der Waals surface area contributed by atoms with E-state index in [2.05, 4.69) is 5.32 Å². The summed E-state index contributed by atoms with van der Waals surface area (Å²) in [6.07, 6.45) is -0.890. The lowest BCUT2D eigenvalue weighted by Crippen LogP contribution is -2.33. The molecule has 8 heteroatoms. The molecule has 0 saturated carbocycles. The largest absolute Gasteiger partial charge is 0.480 e. The molecule has 0 radical (unpaired) electrons. The van der Waals surface area contributed by atoms with Gasteiger partial charge in [-0.05, 0) is 47.5 Å². The zero-order valence-electron chi connectivity index (χ0n) is 16.3. The van der Waals surface area contributed by atoms with E-state index in [1.807, 2.05) is 36.4 Å². The number of fused-ring (bicyclic) bond motifs is 1. The van der Waals surface area contributed by atoms with Crippen molar-refractivity contribution in [3.05, 3.63) is 81.8 Å². The Morgan fingerprint density at radius 1 is 1.00 bits per heavy atom. The number of halogens is 2. The molecular weight excluding hydrogens is 437 g/mol. The molecule has 2 unspecified atom stereocenters. The van der Waals surface area contributed by atoms with Crippen LogP contribution in [0.15, 0.2) is 60.7 Å². The molecule has 0 fully saturated rings. The molecule has 0 bridgehead atoms. The molecule has 0 saturated heterocycles. The molecule has 3 aromatic rings. The van der Waals surface area contributed by atoms with Crippen LogP contribution in [-0.2, 0) is 4.79 Å². The third-order valence-electron chi connectivity index (χ3n) is 5.07. The Kier molecular flexibility index (Phi) is 5.98. The van der Waals surface area contributed by atoms with E-state index >= 15 is 0 Å². The molecule has 2 atom stereocenters. The number of hydrogen-bond donors (Lipinski definition) is 3. The third-order valence-corrected chi connectivity index (χ3v) is 5.62. The van der Waals surface area contributed by atoms with Gasteiger partial charge in [-0.3, -0.25) is 9.59 Å². The number of ether oxygens (including phenoxy) is 1. The van der Waals surface area contributed by atoms with Gasteiger partial charge >= 0.3 is 0 Å². The minimum atomic E-state index is -0.890. The summed E-state index contributed by atoms with van der Waals surface area (Å²) in [5.41, 5.74) is 15.1. The second-order valence-corrected chi connectivity index (χ2v) is 7.98. The molecule has 0 spiro atoms. The Labute approximate surface area is 189 Å². The fourth-order valence-corrected chi connectivity index (χ4v) is 4.01. The molecule has 1 aliphatic rings. The van der Waals surface area contributed by atoms with Gasteiger partial charge in [-0.15, -0.1) is 0 Å². The summed E-state index contributed by atoms with van der Waals surface area (Å²) in [5, 5.41) is 3.42. The number of amides is 1. The van der Waals surface area contributed by atoms with Crippen molar-refractivity contribution >= 4 is 40.6 Å². The molecule has 3 aromatic carbocycles. The fraction of sp³-hybridized carbons (Fsp3) is 0.130. The van der Waals surface area contributed by atoms with Gasteiger partial charge in [0.25, 0.3) is 0 Å². The lowest BCUT2D eigenvalue weighted by molar-refractivity contribution is -0.114. The molecule has 4 rings (SSSR count). The number of Topliss-reactive ketones (excluding diaryl/α,β-unsaturated/α-hetero) is 1. The monoisotopic (exact) mass is 455 g/mol. The lowest BCUT2D eigenvalue weighted by Gasteiger charge is -2.15. The first-order valence-electron chi connectivity index (χ1n) is 9.53. The summed E-state index contributed by atoms with van der Waals surface area (Å²) in [6.45, 7) is -0.0954. The molecular formula is C23H19Cl2N3O3. The van der Waals surface area contributed by atoms with Gasteiger partial charge in [0.2, 0.25) is 11.7 Å². The first-order chi connectivity index (χ1) is 14.9. The van der Waals surface area contributed by atoms with Crippen LogP contribution in [-0.4, -0.2) is 24.3 Å². The number of carbonyl (C=O) groups is 2. The van der Waals surface area contributed by atoms with Gasteiger partial charge in [-0.25, -0.2) is 0 Å². The first-order valence-corrected chi connectivity index (χ1v) is 10.3. The van der Waals surface area contributed by atoms with E-state index in [0.717, 1.165) is 16.7 Å². The van der Waals surface area contributed by atoms with Gasteiger partial charge in [-0.1, -0.05) is 47.5 Å². The minimum Gasteiger partial charge on any atom is -0.480 e. The molecule has 5 N–H and O–H groups in total. The summed E-state index contributed by atoms with van der Waals surface area (Å²) < 4.78 is 5.94. The molecule has 1 amide bonds. The Bertz CT molecular complexity index is 1180. The van der Waals surface area contributed by atoms with Crippen molar-refractivity contribution in [3.8, 4) is 16.9 Å². The average Bonchev–Trinajstić information content (AvgIpc) is 3.09. The van der Waals surface area contributed by atoms with E-state index in [0.29, 0.717) is 22.0 Å². The normalized spacial score (nSPS) is 17.0. The maximum Gasteiger partial charge on any atom is 0.238 e. The van der Waals surface area contributed by atoms with Crippen molar-refractivity contribution in [1.82, 2.24) is 0 Å². The van der Waals surface area contributed by atoms with Gasteiger partial charge in [0.05, 0.1) is 17.6 Å². The van der Waals surface area contributed by atoms with E-state index in [-0.39, 0.29) is 23.3 Å². The third kappa shape index (κ3) is 4.29. The summed E-state index contributed by atoms with van der Waals surface area (Å²) >= 11 is 12.1. The van der Waals surface area contributed by atoms with Crippen LogP contribution in [0.1, 0.15) is 22.0 Å². The van der Waals surface area contributed by atoms with Crippen LogP contribution in [0.5, 0.6) is 5.75 Å². The van der Waals surface area contributed by atoms with Crippen LogP contribution in [0, 0.1) is 0 Å². The predicted molar refractivity (Wildman–Crippen MR) is 122 cm³/mol. The molecule has 158 valence electrons. The minimum absolute atomic E-state index is 0.0954. The van der Waals surface area contributed by atoms with Gasteiger partial charge in [0.1, 0.15) is 5.75 Å². The van der Waals surface area contributed by atoms with Crippen molar-refractivity contribution in [2.45, 2.75) is 12.1 Å². The predicted octanol–water partition coefficient (Wildman–Crippen LogP) is 4.20. The number of carbonyl (C=O) groups excluding carboxylic acids is 2. The highest BCUT2D eigenvalue weighted by atomic mass is 35.5. The van der Waals surface area contributed by atoms with Crippen LogP contribution >= 0.6 is 23.2 Å². The Balaban J connectivity index is 1.60. The lowest BCUT2D eigenvalue weighted by atomic mass is 9.96. The number of hydrogen-bond acceptors (Lipinski definition) is 5. The van der Waals surface area contributed by atoms with Crippen molar-refractivity contribution in [2.24, 2.45) is 11.5 Å². The maximum atomic E-state index is 13.0. The second-order valence-electron chi connectivity index (χ2n) is 7.14. The highest BCUT2D eigenvalue weighted by Crippen LogP contribution is 2.40. The zero-order valence-corrected chi connectivity index (χ0v) is 17.8. The van der Waals surface area contributed by atoms with E-state index in [1.165, 1.54) is 6.07 Å². The van der Waals surface area contributed by atoms with Crippen LogP contribution < -0.4 is 21.5 Å². The number of ketones is 1. The Morgan fingerprint density at radius 3 is 2.52 bits per heavy atom. The number of nitrogens with two attached hydrogens (primary N) is 2. The average molecular weight is 456 g/mol. The second kappa shape index (κ2) is 8.69. The van der Waals surface area contributed by atoms with E-state index in [1.54, 1.807) is 18.2 Å². The zero-order chi connectivity index (χ0) is 22.1. The summed E-state index contributed by atoms with van der Waals surface area (Å²) in [6, 6.07) is 17.0. The summed E-state index contributed by atoms with van der Waals surface area (Å²) in [7, 11) is 0. The van der Waals surface area contributed by atoms with Crippen molar-refractivity contribution in [1.29, 1.82) is 0 Å². The Morgan fingerprint density at radius 2 is 1.77 bits per heavy atom. The maximum absolute atomic E-state index is 13.0. The smallest absolute Gasteiger partial charge is 0.238 e. The molecule has 6 nitrogen and oxygen atoms in total. The highest BCUT2D eigenvalue weighted by Gasteiger charge is 2.38. The van der Waals surface area contributed by atoms with Crippen LogP contribution in [0.3, 0.4) is 0 Å². The van der Waals surface area contributed by atoms with Crippen molar-refractivity contribution < 1.29 is 14.3 Å². The van der Waals surface area contributed by atoms with Crippen molar-refractivity contribution in [2.75, 3.05) is 11.9 Å². The van der Waals surface area contributed by atoms with Crippen LogP contribution in [0.4, 0.5) is 5.69 Å². The molecule has 1 aliphatic heterocycles. The van der Waals surface area contributed by atoms with E-state index < -0.39 is 12.1 Å². The van der Waals surface area contributed by atoms with E-state index in [9.17, 15) is 9.59 Å². The molecule has 1 heterocycles. The molecule has 0 aromatic heterocycles. The van der Waals surface area contributed by atoms with E-state index in [4.69, 9.17) is 39.4 Å². The fourth-order valence-electron chi connectivity index (χ4n) is 3.51. The highest BCUT2D eigenvalue weighted by molar-refractivity contribution is 6.37. The van der Waals surface area contributed by atoms with Crippen LogP contribution in [0.25, 0.3) is 11.1 Å². The standard InChI is InChI=1S/C23H19Cl2N3O3/c24-14-5-7-16(18(25)10-14)22(30)23-21(27)17-6-4-13(9-19(17)31-23)12-2-1-3-15(8-12)28-20(29)11-26/h1-10,21,23H,11,26-27H2,(H,28,29). The topological polar surface area (TPSA) is 107 Å². The molecule has 0 aliphatic carbocycles. The summed E-state index contributed by atoms with van der Waals surface area (Å²) in [4.78, 5) is 24.6. The van der Waals surface area contributed by atoms with Gasteiger partial charge in [0.15, 0.2) is 6.10 Å². The number of anilines is 1. The number of benzene rings is 3. The summed E-state index contributed by atoms with van der Waals surface area (Å²) in [5.74, 6) is -0.0501. The number of nitrogens with one attached hydrogen (secondary N) is 1. The Hall–Kier alpha value is -2.90.